The average molecular weight is 359 g/mol. The van der Waals surface area contributed by atoms with Gasteiger partial charge in [0.15, 0.2) is 12.4 Å². The summed E-state index contributed by atoms with van der Waals surface area (Å²) in [5, 5.41) is 0. The Hall–Kier alpha value is -2.60. The molecule has 0 amide bonds. The zero-order chi connectivity index (χ0) is 18.8. The van der Waals surface area contributed by atoms with Crippen molar-refractivity contribution in [3.8, 4) is 5.75 Å². The normalized spacial score (nSPS) is 11.8. The number of aromatic nitrogens is 1. The SMILES string of the molecule is CCOC(=O)C(Cc1ccc(OCCn2cccc2C=O)cc1)OCC. The van der Waals surface area contributed by atoms with E-state index in [9.17, 15) is 9.59 Å². The van der Waals surface area contributed by atoms with E-state index in [0.717, 1.165) is 17.6 Å². The largest absolute Gasteiger partial charge is 0.492 e. The summed E-state index contributed by atoms with van der Waals surface area (Å²) in [6.07, 6.45) is 2.54. The Balaban J connectivity index is 1.86. The number of benzene rings is 1. The summed E-state index contributed by atoms with van der Waals surface area (Å²) in [5.41, 5.74) is 1.60. The molecule has 0 saturated heterocycles. The highest BCUT2D eigenvalue weighted by atomic mass is 16.6. The third-order valence-electron chi connectivity index (χ3n) is 3.85. The topological polar surface area (TPSA) is 66.8 Å². The van der Waals surface area contributed by atoms with Crippen LogP contribution in [0.15, 0.2) is 42.6 Å². The molecule has 0 radical (unpaired) electrons. The van der Waals surface area contributed by atoms with Crippen molar-refractivity contribution >= 4 is 12.3 Å². The van der Waals surface area contributed by atoms with E-state index in [1.165, 1.54) is 0 Å². The molecule has 0 bridgehead atoms. The number of ether oxygens (including phenoxy) is 3. The van der Waals surface area contributed by atoms with E-state index >= 15 is 0 Å². The van der Waals surface area contributed by atoms with E-state index in [4.69, 9.17) is 14.2 Å². The molecule has 2 rings (SSSR count). The number of rotatable bonds is 11. The molecule has 140 valence electrons. The lowest BCUT2D eigenvalue weighted by Gasteiger charge is -2.16. The van der Waals surface area contributed by atoms with Gasteiger partial charge in [-0.15, -0.1) is 0 Å². The zero-order valence-electron chi connectivity index (χ0n) is 15.2. The quantitative estimate of drug-likeness (QED) is 0.456. The van der Waals surface area contributed by atoms with Gasteiger partial charge in [0.25, 0.3) is 0 Å². The van der Waals surface area contributed by atoms with Gasteiger partial charge in [0.2, 0.25) is 0 Å². The number of carbonyl (C=O) groups is 2. The van der Waals surface area contributed by atoms with E-state index in [1.807, 2.05) is 48.0 Å². The van der Waals surface area contributed by atoms with Crippen molar-refractivity contribution < 1.29 is 23.8 Å². The third kappa shape index (κ3) is 5.74. The van der Waals surface area contributed by atoms with Crippen LogP contribution in [-0.4, -0.2) is 42.7 Å². The molecule has 1 unspecified atom stereocenters. The first-order chi connectivity index (χ1) is 12.7. The predicted octanol–water partition coefficient (Wildman–Crippen LogP) is 2.89. The Labute approximate surface area is 153 Å². The fourth-order valence-corrected chi connectivity index (χ4v) is 2.58. The Morgan fingerprint density at radius 1 is 1.15 bits per heavy atom. The fraction of sp³-hybridized carbons (Fsp3) is 0.400. The lowest BCUT2D eigenvalue weighted by atomic mass is 10.1. The van der Waals surface area contributed by atoms with E-state index in [-0.39, 0.29) is 5.97 Å². The Morgan fingerprint density at radius 3 is 2.58 bits per heavy atom. The van der Waals surface area contributed by atoms with Crippen LogP contribution in [0.2, 0.25) is 0 Å². The highest BCUT2D eigenvalue weighted by Gasteiger charge is 2.20. The molecular weight excluding hydrogens is 334 g/mol. The molecule has 0 saturated carbocycles. The number of hydrogen-bond acceptors (Lipinski definition) is 5. The number of carbonyl (C=O) groups excluding carboxylic acids is 2. The lowest BCUT2D eigenvalue weighted by Crippen LogP contribution is -2.28. The molecule has 1 aromatic carbocycles. The van der Waals surface area contributed by atoms with Crippen LogP contribution in [-0.2, 0) is 27.2 Å². The Kier molecular flexibility index (Phi) is 7.89. The van der Waals surface area contributed by atoms with Gasteiger partial charge in [-0.25, -0.2) is 4.79 Å². The van der Waals surface area contributed by atoms with Crippen molar-refractivity contribution in [2.75, 3.05) is 19.8 Å². The van der Waals surface area contributed by atoms with Gasteiger partial charge in [-0.3, -0.25) is 4.79 Å². The molecule has 1 aromatic heterocycles. The second kappa shape index (κ2) is 10.4. The highest BCUT2D eigenvalue weighted by Crippen LogP contribution is 2.15. The molecule has 0 N–H and O–H groups in total. The number of esters is 1. The van der Waals surface area contributed by atoms with Gasteiger partial charge in [-0.1, -0.05) is 12.1 Å². The summed E-state index contributed by atoms with van der Waals surface area (Å²) in [5.74, 6) is 0.394. The van der Waals surface area contributed by atoms with Crippen molar-refractivity contribution in [3.05, 3.63) is 53.9 Å². The van der Waals surface area contributed by atoms with Crippen LogP contribution < -0.4 is 4.74 Å². The molecule has 2 aromatic rings. The van der Waals surface area contributed by atoms with Crippen LogP contribution in [0.25, 0.3) is 0 Å². The van der Waals surface area contributed by atoms with Gasteiger partial charge >= 0.3 is 5.97 Å². The van der Waals surface area contributed by atoms with Gasteiger partial charge in [0.1, 0.15) is 12.4 Å². The Morgan fingerprint density at radius 2 is 1.92 bits per heavy atom. The summed E-state index contributed by atoms with van der Waals surface area (Å²) >= 11 is 0. The lowest BCUT2D eigenvalue weighted by molar-refractivity contribution is -0.156. The monoisotopic (exact) mass is 359 g/mol. The molecule has 6 nitrogen and oxygen atoms in total. The van der Waals surface area contributed by atoms with Gasteiger partial charge in [-0.05, 0) is 43.7 Å². The summed E-state index contributed by atoms with van der Waals surface area (Å²) in [7, 11) is 0. The third-order valence-corrected chi connectivity index (χ3v) is 3.85. The van der Waals surface area contributed by atoms with Crippen molar-refractivity contribution in [3.63, 3.8) is 0 Å². The summed E-state index contributed by atoms with van der Waals surface area (Å²) in [4.78, 5) is 22.8. The number of aldehydes is 1. The summed E-state index contributed by atoms with van der Waals surface area (Å²) < 4.78 is 18.1. The maximum atomic E-state index is 11.9. The van der Waals surface area contributed by atoms with Gasteiger partial charge in [0, 0.05) is 19.2 Å². The van der Waals surface area contributed by atoms with Gasteiger partial charge in [-0.2, -0.15) is 0 Å². The van der Waals surface area contributed by atoms with Crippen LogP contribution in [0.5, 0.6) is 5.75 Å². The Bertz CT molecular complexity index is 692. The molecule has 0 spiro atoms. The van der Waals surface area contributed by atoms with Crippen molar-refractivity contribution in [2.45, 2.75) is 32.9 Å². The molecule has 1 atom stereocenters. The van der Waals surface area contributed by atoms with E-state index in [0.29, 0.717) is 38.5 Å². The van der Waals surface area contributed by atoms with Crippen LogP contribution >= 0.6 is 0 Å². The van der Waals surface area contributed by atoms with E-state index in [2.05, 4.69) is 0 Å². The fourth-order valence-electron chi connectivity index (χ4n) is 2.58. The first-order valence-electron chi connectivity index (χ1n) is 8.78. The molecule has 0 aliphatic heterocycles. The number of nitrogens with zero attached hydrogens (tertiary/aromatic N) is 1. The minimum Gasteiger partial charge on any atom is -0.492 e. The smallest absolute Gasteiger partial charge is 0.335 e. The summed E-state index contributed by atoms with van der Waals surface area (Å²) in [6, 6.07) is 11.1. The molecule has 0 fully saturated rings. The minimum atomic E-state index is -0.595. The second-order valence-electron chi connectivity index (χ2n) is 5.64. The maximum absolute atomic E-state index is 11.9. The van der Waals surface area contributed by atoms with Gasteiger partial charge < -0.3 is 18.8 Å². The standard InChI is InChI=1S/C20H25NO5/c1-3-24-19(20(23)25-4-2)14-16-7-9-18(10-8-16)26-13-12-21-11-5-6-17(21)15-22/h5-11,15,19H,3-4,12-14H2,1-2H3. The molecule has 0 aliphatic carbocycles. The van der Waals surface area contributed by atoms with Crippen molar-refractivity contribution in [1.82, 2.24) is 4.57 Å². The first-order valence-corrected chi connectivity index (χ1v) is 8.78. The zero-order valence-corrected chi connectivity index (χ0v) is 15.2. The maximum Gasteiger partial charge on any atom is 0.335 e. The molecule has 6 heteroatoms. The summed E-state index contributed by atoms with van der Waals surface area (Å²) in [6.45, 7) is 5.47. The molecule has 0 aliphatic rings. The van der Waals surface area contributed by atoms with Gasteiger partial charge in [0.05, 0.1) is 18.8 Å². The van der Waals surface area contributed by atoms with Crippen molar-refractivity contribution in [1.29, 1.82) is 0 Å². The second-order valence-corrected chi connectivity index (χ2v) is 5.64. The number of hydrogen-bond donors (Lipinski definition) is 0. The van der Waals surface area contributed by atoms with Crippen LogP contribution in [0.3, 0.4) is 0 Å². The van der Waals surface area contributed by atoms with Crippen LogP contribution in [0, 0.1) is 0 Å². The highest BCUT2D eigenvalue weighted by molar-refractivity contribution is 5.75. The van der Waals surface area contributed by atoms with E-state index < -0.39 is 6.10 Å². The van der Waals surface area contributed by atoms with Crippen LogP contribution in [0.1, 0.15) is 29.9 Å². The first kappa shape index (κ1) is 19.7. The predicted molar refractivity (Wildman–Crippen MR) is 97.5 cm³/mol. The van der Waals surface area contributed by atoms with E-state index in [1.54, 1.807) is 13.0 Å². The average Bonchev–Trinajstić information content (AvgIpc) is 3.10. The molecular formula is C20H25NO5. The van der Waals surface area contributed by atoms with Crippen molar-refractivity contribution in [2.24, 2.45) is 0 Å². The molecule has 1 heterocycles. The van der Waals surface area contributed by atoms with Crippen LogP contribution in [0.4, 0.5) is 0 Å². The molecule has 26 heavy (non-hydrogen) atoms. The minimum absolute atomic E-state index is 0.336.